The van der Waals surface area contributed by atoms with Crippen LogP contribution in [0.1, 0.15) is 36.0 Å². The fraction of sp³-hybridized carbons (Fsp3) is 0.316. The molecule has 1 aromatic carbocycles. The van der Waals surface area contributed by atoms with E-state index in [2.05, 4.69) is 15.6 Å². The van der Waals surface area contributed by atoms with E-state index in [-0.39, 0.29) is 23.8 Å². The SMILES string of the molecule is N[C@@H]1CCC[C@H]1CC(=O)Nc1ccc(NC(=O)c2ccccc2)nc1. The molecule has 0 saturated heterocycles. The monoisotopic (exact) mass is 338 g/mol. The number of rotatable bonds is 5. The molecule has 130 valence electrons. The molecule has 2 aromatic rings. The van der Waals surface area contributed by atoms with Crippen LogP contribution in [0.5, 0.6) is 0 Å². The van der Waals surface area contributed by atoms with Gasteiger partial charge in [0.25, 0.3) is 5.91 Å². The van der Waals surface area contributed by atoms with Crippen LogP contribution in [0.2, 0.25) is 0 Å². The molecule has 6 nitrogen and oxygen atoms in total. The number of carbonyl (C=O) groups excluding carboxylic acids is 2. The topological polar surface area (TPSA) is 97.1 Å². The zero-order valence-corrected chi connectivity index (χ0v) is 13.9. The van der Waals surface area contributed by atoms with Crippen LogP contribution in [-0.4, -0.2) is 22.8 Å². The van der Waals surface area contributed by atoms with Gasteiger partial charge in [-0.3, -0.25) is 9.59 Å². The Morgan fingerprint density at radius 1 is 1.08 bits per heavy atom. The highest BCUT2D eigenvalue weighted by molar-refractivity contribution is 6.03. The molecule has 2 atom stereocenters. The average molecular weight is 338 g/mol. The van der Waals surface area contributed by atoms with Gasteiger partial charge in [-0.25, -0.2) is 4.98 Å². The van der Waals surface area contributed by atoms with Gasteiger partial charge in [0.2, 0.25) is 5.91 Å². The summed E-state index contributed by atoms with van der Waals surface area (Å²) in [5, 5.41) is 5.56. The summed E-state index contributed by atoms with van der Waals surface area (Å²) in [5.41, 5.74) is 7.17. The molecule has 4 N–H and O–H groups in total. The summed E-state index contributed by atoms with van der Waals surface area (Å²) in [6.07, 6.45) is 5.07. The maximum Gasteiger partial charge on any atom is 0.256 e. The summed E-state index contributed by atoms with van der Waals surface area (Å²) in [7, 11) is 0. The molecule has 6 heteroatoms. The van der Waals surface area contributed by atoms with Crippen LogP contribution in [0.4, 0.5) is 11.5 Å². The molecule has 3 rings (SSSR count). The molecule has 0 bridgehead atoms. The van der Waals surface area contributed by atoms with Gasteiger partial charge < -0.3 is 16.4 Å². The molecule has 0 spiro atoms. The molecule has 1 heterocycles. The quantitative estimate of drug-likeness (QED) is 0.781. The fourth-order valence-corrected chi connectivity index (χ4v) is 3.09. The van der Waals surface area contributed by atoms with Crippen LogP contribution in [-0.2, 0) is 4.79 Å². The zero-order valence-electron chi connectivity index (χ0n) is 13.9. The fourth-order valence-electron chi connectivity index (χ4n) is 3.09. The maximum atomic E-state index is 12.1. The number of amides is 2. The second-order valence-corrected chi connectivity index (χ2v) is 6.36. The standard InChI is InChI=1S/C19H22N4O2/c20-16-8-4-7-14(16)11-18(24)22-15-9-10-17(21-12-15)23-19(25)13-5-2-1-3-6-13/h1-3,5-6,9-10,12,14,16H,4,7-8,11,20H2,(H,22,24)(H,21,23,25)/t14-,16+/m0/s1. The van der Waals surface area contributed by atoms with E-state index < -0.39 is 0 Å². The predicted molar refractivity (Wildman–Crippen MR) is 97.2 cm³/mol. The number of aromatic nitrogens is 1. The highest BCUT2D eigenvalue weighted by Crippen LogP contribution is 2.27. The van der Waals surface area contributed by atoms with Crippen molar-refractivity contribution >= 4 is 23.3 Å². The first-order valence-electron chi connectivity index (χ1n) is 8.50. The first kappa shape index (κ1) is 17.1. The number of benzene rings is 1. The number of carbonyl (C=O) groups is 2. The molecule has 25 heavy (non-hydrogen) atoms. The van der Waals surface area contributed by atoms with Crippen LogP contribution in [0.15, 0.2) is 48.7 Å². The Morgan fingerprint density at radius 3 is 2.52 bits per heavy atom. The van der Waals surface area contributed by atoms with Gasteiger partial charge in [0.1, 0.15) is 5.82 Å². The number of hydrogen-bond donors (Lipinski definition) is 3. The Morgan fingerprint density at radius 2 is 1.88 bits per heavy atom. The minimum atomic E-state index is -0.222. The van der Waals surface area contributed by atoms with Gasteiger partial charge >= 0.3 is 0 Å². The van der Waals surface area contributed by atoms with Crippen molar-refractivity contribution in [3.63, 3.8) is 0 Å². The van der Waals surface area contributed by atoms with Crippen LogP contribution in [0.3, 0.4) is 0 Å². The van der Waals surface area contributed by atoms with Crippen molar-refractivity contribution in [2.45, 2.75) is 31.7 Å². The number of nitrogens with two attached hydrogens (primary N) is 1. The third kappa shape index (κ3) is 4.64. The smallest absolute Gasteiger partial charge is 0.256 e. The van der Waals surface area contributed by atoms with Crippen molar-refractivity contribution in [1.29, 1.82) is 0 Å². The first-order chi connectivity index (χ1) is 12.1. The number of hydrogen-bond acceptors (Lipinski definition) is 4. The van der Waals surface area contributed by atoms with Gasteiger partial charge in [-0.05, 0) is 43.0 Å². The van der Waals surface area contributed by atoms with Crippen LogP contribution < -0.4 is 16.4 Å². The summed E-state index contributed by atoms with van der Waals surface area (Å²) >= 11 is 0. The lowest BCUT2D eigenvalue weighted by Gasteiger charge is -2.14. The molecular weight excluding hydrogens is 316 g/mol. The molecule has 1 fully saturated rings. The van der Waals surface area contributed by atoms with E-state index in [4.69, 9.17) is 5.73 Å². The summed E-state index contributed by atoms with van der Waals surface area (Å²) < 4.78 is 0. The van der Waals surface area contributed by atoms with Crippen LogP contribution in [0.25, 0.3) is 0 Å². The summed E-state index contributed by atoms with van der Waals surface area (Å²) in [6.45, 7) is 0. The van der Waals surface area contributed by atoms with Crippen LogP contribution in [0, 0.1) is 5.92 Å². The number of pyridine rings is 1. The van der Waals surface area contributed by atoms with Gasteiger partial charge in [-0.15, -0.1) is 0 Å². The van der Waals surface area contributed by atoms with Crippen molar-refractivity contribution in [2.75, 3.05) is 10.6 Å². The van der Waals surface area contributed by atoms with E-state index in [1.54, 1.807) is 36.4 Å². The van der Waals surface area contributed by atoms with Gasteiger partial charge in [0.15, 0.2) is 0 Å². The zero-order chi connectivity index (χ0) is 17.6. The molecule has 0 radical (unpaired) electrons. The predicted octanol–water partition coefficient (Wildman–Crippen LogP) is 2.79. The largest absolute Gasteiger partial charge is 0.327 e. The van der Waals surface area contributed by atoms with E-state index in [1.165, 1.54) is 6.20 Å². The van der Waals surface area contributed by atoms with E-state index in [0.717, 1.165) is 19.3 Å². The molecule has 2 amide bonds. The molecule has 1 aliphatic carbocycles. The van der Waals surface area contributed by atoms with Gasteiger partial charge in [-0.2, -0.15) is 0 Å². The molecule has 1 saturated carbocycles. The number of nitrogens with one attached hydrogen (secondary N) is 2. The minimum Gasteiger partial charge on any atom is -0.327 e. The van der Waals surface area contributed by atoms with Crippen LogP contribution >= 0.6 is 0 Å². The van der Waals surface area contributed by atoms with E-state index in [1.807, 2.05) is 6.07 Å². The first-order valence-corrected chi connectivity index (χ1v) is 8.50. The van der Waals surface area contributed by atoms with Gasteiger partial charge in [0.05, 0.1) is 11.9 Å². The Hall–Kier alpha value is -2.73. The lowest BCUT2D eigenvalue weighted by atomic mass is 10.00. The highest BCUT2D eigenvalue weighted by Gasteiger charge is 2.26. The summed E-state index contributed by atoms with van der Waals surface area (Å²) in [6, 6.07) is 12.4. The maximum absolute atomic E-state index is 12.1. The molecular formula is C19H22N4O2. The van der Waals surface area contributed by atoms with Gasteiger partial charge in [0, 0.05) is 18.0 Å². The molecule has 1 aromatic heterocycles. The normalized spacial score (nSPS) is 19.4. The third-order valence-electron chi connectivity index (χ3n) is 4.49. The second-order valence-electron chi connectivity index (χ2n) is 6.36. The Bertz CT molecular complexity index is 731. The Balaban J connectivity index is 1.53. The van der Waals surface area contributed by atoms with Crippen molar-refractivity contribution < 1.29 is 9.59 Å². The van der Waals surface area contributed by atoms with E-state index in [9.17, 15) is 9.59 Å². The van der Waals surface area contributed by atoms with Crippen molar-refractivity contribution in [2.24, 2.45) is 11.7 Å². The van der Waals surface area contributed by atoms with E-state index in [0.29, 0.717) is 23.5 Å². The second kappa shape index (κ2) is 7.90. The number of nitrogens with zero attached hydrogens (tertiary/aromatic N) is 1. The van der Waals surface area contributed by atoms with Crippen molar-refractivity contribution in [3.05, 3.63) is 54.2 Å². The summed E-state index contributed by atoms with van der Waals surface area (Å²) in [4.78, 5) is 28.3. The number of anilines is 2. The lowest BCUT2D eigenvalue weighted by molar-refractivity contribution is -0.117. The van der Waals surface area contributed by atoms with Crippen molar-refractivity contribution in [3.8, 4) is 0 Å². The Kier molecular flexibility index (Phi) is 5.40. The average Bonchev–Trinajstić information content (AvgIpc) is 3.02. The van der Waals surface area contributed by atoms with Gasteiger partial charge in [-0.1, -0.05) is 24.6 Å². The minimum absolute atomic E-state index is 0.0507. The summed E-state index contributed by atoms with van der Waals surface area (Å²) in [5.74, 6) is 0.424. The molecule has 0 aliphatic heterocycles. The highest BCUT2D eigenvalue weighted by atomic mass is 16.2. The van der Waals surface area contributed by atoms with E-state index >= 15 is 0 Å². The third-order valence-corrected chi connectivity index (χ3v) is 4.49. The Labute approximate surface area is 146 Å². The van der Waals surface area contributed by atoms with Crippen molar-refractivity contribution in [1.82, 2.24) is 4.98 Å². The molecule has 0 unspecified atom stereocenters. The molecule has 1 aliphatic rings. The lowest BCUT2D eigenvalue weighted by Crippen LogP contribution is -2.28.